The average molecular weight is 399 g/mol. The molecule has 8 heteroatoms. The first-order chi connectivity index (χ1) is 13.6. The lowest BCUT2D eigenvalue weighted by Crippen LogP contribution is -2.24. The summed E-state index contributed by atoms with van der Waals surface area (Å²) >= 11 is 1.18. The molecule has 0 unspecified atom stereocenters. The molecule has 2 aromatic carbocycles. The van der Waals surface area contributed by atoms with Gasteiger partial charge in [-0.05, 0) is 30.7 Å². The second-order valence-corrected chi connectivity index (χ2v) is 6.92. The van der Waals surface area contributed by atoms with E-state index in [4.69, 9.17) is 13.9 Å². The summed E-state index contributed by atoms with van der Waals surface area (Å²) in [6.07, 6.45) is 0. The molecule has 1 amide bonds. The lowest BCUT2D eigenvalue weighted by atomic mass is 10.1. The number of aromatic nitrogens is 2. The normalized spacial score (nSPS) is 10.5. The van der Waals surface area contributed by atoms with E-state index in [0.29, 0.717) is 34.7 Å². The molecule has 3 rings (SSSR count). The van der Waals surface area contributed by atoms with Gasteiger partial charge in [0.25, 0.3) is 11.1 Å². The highest BCUT2D eigenvalue weighted by atomic mass is 32.2. The van der Waals surface area contributed by atoms with Crippen LogP contribution in [-0.2, 0) is 11.3 Å². The van der Waals surface area contributed by atoms with Gasteiger partial charge in [0.15, 0.2) is 0 Å². The van der Waals surface area contributed by atoms with Crippen LogP contribution in [0.1, 0.15) is 11.1 Å². The molecule has 0 aliphatic rings. The number of benzene rings is 2. The van der Waals surface area contributed by atoms with Crippen molar-refractivity contribution in [1.82, 2.24) is 15.5 Å². The van der Waals surface area contributed by atoms with E-state index >= 15 is 0 Å². The topological polar surface area (TPSA) is 86.5 Å². The first-order valence-corrected chi connectivity index (χ1v) is 9.58. The van der Waals surface area contributed by atoms with Gasteiger partial charge in [0.05, 0.1) is 25.5 Å². The van der Waals surface area contributed by atoms with Crippen LogP contribution in [0.25, 0.3) is 11.5 Å². The molecule has 0 saturated heterocycles. The fourth-order valence-corrected chi connectivity index (χ4v) is 3.04. The standard InChI is InChI=1S/C20H21N3O4S/c1-13-4-6-14(7-5-13)11-21-18(24)12-28-20-23-22-19(27-20)16-10-15(25-2)8-9-17(16)26-3/h4-10H,11-12H2,1-3H3,(H,21,24). The summed E-state index contributed by atoms with van der Waals surface area (Å²) in [5, 5.41) is 11.2. The molecule has 1 heterocycles. The minimum Gasteiger partial charge on any atom is -0.497 e. The summed E-state index contributed by atoms with van der Waals surface area (Å²) in [5.41, 5.74) is 2.87. The lowest BCUT2D eigenvalue weighted by Gasteiger charge is -2.07. The summed E-state index contributed by atoms with van der Waals surface area (Å²) in [5.74, 6) is 1.63. The molecule has 0 bridgehead atoms. The van der Waals surface area contributed by atoms with Crippen LogP contribution < -0.4 is 14.8 Å². The first kappa shape index (κ1) is 19.8. The van der Waals surface area contributed by atoms with Gasteiger partial charge in [0.1, 0.15) is 11.5 Å². The number of aryl methyl sites for hydroxylation is 1. The molecule has 0 atom stereocenters. The van der Waals surface area contributed by atoms with Crippen LogP contribution >= 0.6 is 11.8 Å². The number of nitrogens with zero attached hydrogens (tertiary/aromatic N) is 2. The van der Waals surface area contributed by atoms with Crippen LogP contribution in [0.2, 0.25) is 0 Å². The Labute approximate surface area is 167 Å². The van der Waals surface area contributed by atoms with Gasteiger partial charge in [-0.15, -0.1) is 10.2 Å². The largest absolute Gasteiger partial charge is 0.497 e. The van der Waals surface area contributed by atoms with Crippen molar-refractivity contribution in [2.24, 2.45) is 0 Å². The summed E-state index contributed by atoms with van der Waals surface area (Å²) in [4.78, 5) is 12.1. The van der Waals surface area contributed by atoms with E-state index in [1.807, 2.05) is 31.2 Å². The van der Waals surface area contributed by atoms with Gasteiger partial charge in [0.2, 0.25) is 5.91 Å². The highest BCUT2D eigenvalue weighted by Crippen LogP contribution is 2.33. The van der Waals surface area contributed by atoms with Crippen molar-refractivity contribution in [3.63, 3.8) is 0 Å². The zero-order valence-corrected chi connectivity index (χ0v) is 16.7. The van der Waals surface area contributed by atoms with Gasteiger partial charge in [0, 0.05) is 6.54 Å². The molecular weight excluding hydrogens is 378 g/mol. The van der Waals surface area contributed by atoms with Crippen molar-refractivity contribution >= 4 is 17.7 Å². The van der Waals surface area contributed by atoms with Gasteiger partial charge in [-0.3, -0.25) is 4.79 Å². The number of nitrogens with one attached hydrogen (secondary N) is 1. The average Bonchev–Trinajstić information content (AvgIpc) is 3.20. The smallest absolute Gasteiger partial charge is 0.277 e. The fourth-order valence-electron chi connectivity index (χ4n) is 2.44. The van der Waals surface area contributed by atoms with Gasteiger partial charge < -0.3 is 19.2 Å². The SMILES string of the molecule is COc1ccc(OC)c(-c2nnc(SCC(=O)NCc3ccc(C)cc3)o2)c1. The minimum atomic E-state index is -0.107. The van der Waals surface area contributed by atoms with Crippen LogP contribution in [0.15, 0.2) is 52.1 Å². The number of thioether (sulfide) groups is 1. The molecule has 28 heavy (non-hydrogen) atoms. The second-order valence-electron chi connectivity index (χ2n) is 5.99. The number of carbonyl (C=O) groups is 1. The second kappa shape index (κ2) is 9.27. The Morgan fingerprint density at radius 1 is 1.11 bits per heavy atom. The van der Waals surface area contributed by atoms with Crippen molar-refractivity contribution in [3.05, 3.63) is 53.6 Å². The third kappa shape index (κ3) is 5.04. The third-order valence-corrected chi connectivity index (χ3v) is 4.80. The molecule has 3 aromatic rings. The molecule has 7 nitrogen and oxygen atoms in total. The van der Waals surface area contributed by atoms with Crippen molar-refractivity contribution < 1.29 is 18.7 Å². The van der Waals surface area contributed by atoms with Crippen LogP contribution in [-0.4, -0.2) is 36.1 Å². The maximum atomic E-state index is 12.1. The van der Waals surface area contributed by atoms with E-state index in [-0.39, 0.29) is 11.7 Å². The summed E-state index contributed by atoms with van der Waals surface area (Å²) in [7, 11) is 3.14. The zero-order chi connectivity index (χ0) is 19.9. The fraction of sp³-hybridized carbons (Fsp3) is 0.250. The lowest BCUT2D eigenvalue weighted by molar-refractivity contribution is -0.118. The van der Waals surface area contributed by atoms with E-state index in [2.05, 4.69) is 15.5 Å². The number of hydrogen-bond donors (Lipinski definition) is 1. The highest BCUT2D eigenvalue weighted by Gasteiger charge is 2.16. The molecule has 146 valence electrons. The monoisotopic (exact) mass is 399 g/mol. The number of rotatable bonds is 8. The molecule has 0 spiro atoms. The zero-order valence-electron chi connectivity index (χ0n) is 15.9. The Morgan fingerprint density at radius 3 is 2.61 bits per heavy atom. The molecule has 0 aliphatic heterocycles. The van der Waals surface area contributed by atoms with Gasteiger partial charge in [-0.2, -0.15) is 0 Å². The molecule has 0 radical (unpaired) electrons. The van der Waals surface area contributed by atoms with Crippen LogP contribution in [0.3, 0.4) is 0 Å². The molecule has 0 saturated carbocycles. The number of hydrogen-bond acceptors (Lipinski definition) is 7. The quantitative estimate of drug-likeness (QED) is 0.580. The predicted molar refractivity (Wildman–Crippen MR) is 107 cm³/mol. The highest BCUT2D eigenvalue weighted by molar-refractivity contribution is 7.99. The predicted octanol–water partition coefficient (Wildman–Crippen LogP) is 3.47. The molecule has 0 fully saturated rings. The number of carbonyl (C=O) groups excluding carboxylic acids is 1. The van der Waals surface area contributed by atoms with E-state index in [0.717, 1.165) is 5.56 Å². The van der Waals surface area contributed by atoms with Crippen molar-refractivity contribution in [2.75, 3.05) is 20.0 Å². The van der Waals surface area contributed by atoms with Crippen LogP contribution in [0, 0.1) is 6.92 Å². The van der Waals surface area contributed by atoms with Crippen molar-refractivity contribution in [2.45, 2.75) is 18.7 Å². The number of amides is 1. The summed E-state index contributed by atoms with van der Waals surface area (Å²) in [6.45, 7) is 2.51. The number of methoxy groups -OCH3 is 2. The van der Waals surface area contributed by atoms with Crippen LogP contribution in [0.5, 0.6) is 11.5 Å². The first-order valence-electron chi connectivity index (χ1n) is 8.60. The Hall–Kier alpha value is -3.00. The Bertz CT molecular complexity index is 941. The van der Waals surface area contributed by atoms with Crippen LogP contribution in [0.4, 0.5) is 0 Å². The van der Waals surface area contributed by atoms with Gasteiger partial charge >= 0.3 is 0 Å². The van der Waals surface area contributed by atoms with Gasteiger partial charge in [-0.1, -0.05) is 41.6 Å². The van der Waals surface area contributed by atoms with E-state index in [1.165, 1.54) is 17.3 Å². The summed E-state index contributed by atoms with van der Waals surface area (Å²) in [6, 6.07) is 13.3. The van der Waals surface area contributed by atoms with Crippen molar-refractivity contribution in [1.29, 1.82) is 0 Å². The molecular formula is C20H21N3O4S. The molecule has 0 aliphatic carbocycles. The maximum absolute atomic E-state index is 12.1. The Balaban J connectivity index is 1.57. The summed E-state index contributed by atoms with van der Waals surface area (Å²) < 4.78 is 16.2. The van der Waals surface area contributed by atoms with E-state index in [9.17, 15) is 4.79 Å². The van der Waals surface area contributed by atoms with E-state index < -0.39 is 0 Å². The third-order valence-electron chi connectivity index (χ3n) is 3.98. The molecule has 1 aromatic heterocycles. The minimum absolute atomic E-state index is 0.107. The van der Waals surface area contributed by atoms with Crippen molar-refractivity contribution in [3.8, 4) is 23.0 Å². The maximum Gasteiger partial charge on any atom is 0.277 e. The van der Waals surface area contributed by atoms with Gasteiger partial charge in [-0.25, -0.2) is 0 Å². The molecule has 1 N–H and O–H groups in total. The Morgan fingerprint density at radius 2 is 1.89 bits per heavy atom. The van der Waals surface area contributed by atoms with E-state index in [1.54, 1.807) is 32.4 Å². The number of ether oxygens (including phenoxy) is 2. The Kier molecular flexibility index (Phi) is 6.54.